The number of hydrogen-bond acceptors (Lipinski definition) is 5. The molecule has 1 aliphatic heterocycles. The molecule has 5 heteroatoms. The number of aliphatic hydroxyl groups excluding tert-OH is 1. The molecule has 0 amide bonds. The second-order valence-corrected chi connectivity index (χ2v) is 3.62. The molecule has 1 saturated heterocycles. The molecule has 0 aromatic carbocycles. The van der Waals surface area contributed by atoms with Crippen LogP contribution < -0.4 is 4.90 Å². The van der Waals surface area contributed by atoms with Crippen molar-refractivity contribution in [1.29, 1.82) is 5.26 Å². The van der Waals surface area contributed by atoms with Gasteiger partial charge >= 0.3 is 0 Å². The average molecular weight is 219 g/mol. The zero-order valence-corrected chi connectivity index (χ0v) is 8.83. The first kappa shape index (κ1) is 10.9. The van der Waals surface area contributed by atoms with Crippen LogP contribution in [0.15, 0.2) is 18.3 Å². The number of ether oxygens (including phenoxy) is 1. The number of aromatic nitrogens is 1. The number of nitrogens with zero attached hydrogens (tertiary/aromatic N) is 3. The van der Waals surface area contributed by atoms with Crippen LogP contribution in [0.25, 0.3) is 0 Å². The lowest BCUT2D eigenvalue weighted by Gasteiger charge is -2.35. The number of hydrogen-bond donors (Lipinski definition) is 1. The van der Waals surface area contributed by atoms with Crippen molar-refractivity contribution >= 4 is 5.82 Å². The van der Waals surface area contributed by atoms with Gasteiger partial charge in [-0.05, 0) is 12.1 Å². The normalized spacial score (nSPS) is 20.5. The van der Waals surface area contributed by atoms with Gasteiger partial charge in [0.05, 0.1) is 37.5 Å². The third-order valence-corrected chi connectivity index (χ3v) is 2.61. The largest absolute Gasteiger partial charge is 0.394 e. The Morgan fingerprint density at radius 3 is 3.31 bits per heavy atom. The number of aliphatic hydroxyl groups is 1. The monoisotopic (exact) mass is 219 g/mol. The van der Waals surface area contributed by atoms with Crippen molar-refractivity contribution < 1.29 is 9.84 Å². The highest BCUT2D eigenvalue weighted by Crippen LogP contribution is 2.17. The SMILES string of the molecule is N#Cc1ccnc(N2CCOCC2CO)c1. The Bertz CT molecular complexity index is 402. The smallest absolute Gasteiger partial charge is 0.130 e. The summed E-state index contributed by atoms with van der Waals surface area (Å²) in [6.45, 7) is 1.83. The van der Waals surface area contributed by atoms with Gasteiger partial charge in [-0.15, -0.1) is 0 Å². The lowest BCUT2D eigenvalue weighted by atomic mass is 10.2. The Labute approximate surface area is 93.9 Å². The molecule has 1 aliphatic rings. The van der Waals surface area contributed by atoms with Crippen molar-refractivity contribution in [2.24, 2.45) is 0 Å². The molecule has 16 heavy (non-hydrogen) atoms. The summed E-state index contributed by atoms with van der Waals surface area (Å²) in [7, 11) is 0. The Morgan fingerprint density at radius 2 is 2.56 bits per heavy atom. The fourth-order valence-corrected chi connectivity index (χ4v) is 1.75. The molecule has 0 radical (unpaired) electrons. The molecule has 0 aliphatic carbocycles. The van der Waals surface area contributed by atoms with E-state index in [-0.39, 0.29) is 12.6 Å². The molecule has 0 spiro atoms. The number of nitriles is 1. The van der Waals surface area contributed by atoms with Crippen molar-refractivity contribution in [1.82, 2.24) is 4.98 Å². The zero-order valence-electron chi connectivity index (χ0n) is 8.83. The Morgan fingerprint density at radius 1 is 1.69 bits per heavy atom. The predicted octanol–water partition coefficient (Wildman–Crippen LogP) is 0.151. The first-order valence-electron chi connectivity index (χ1n) is 5.16. The van der Waals surface area contributed by atoms with Gasteiger partial charge in [0.15, 0.2) is 0 Å². The highest BCUT2D eigenvalue weighted by Gasteiger charge is 2.23. The third kappa shape index (κ3) is 2.13. The van der Waals surface area contributed by atoms with Crippen molar-refractivity contribution in [3.63, 3.8) is 0 Å². The van der Waals surface area contributed by atoms with Gasteiger partial charge in [0.2, 0.25) is 0 Å². The number of pyridine rings is 1. The molecule has 1 atom stereocenters. The van der Waals surface area contributed by atoms with Crippen LogP contribution in [-0.2, 0) is 4.74 Å². The molecule has 84 valence electrons. The number of anilines is 1. The minimum atomic E-state index is -0.0739. The van der Waals surface area contributed by atoms with Crippen LogP contribution in [0.4, 0.5) is 5.82 Å². The fraction of sp³-hybridized carbons (Fsp3) is 0.455. The first-order valence-corrected chi connectivity index (χ1v) is 5.16. The predicted molar refractivity (Wildman–Crippen MR) is 58.0 cm³/mol. The molecule has 5 nitrogen and oxygen atoms in total. The maximum absolute atomic E-state index is 9.23. The standard InChI is InChI=1S/C11H13N3O2/c12-6-9-1-2-13-11(5-9)14-3-4-16-8-10(14)7-15/h1-2,5,10,15H,3-4,7-8H2. The maximum atomic E-state index is 9.23. The number of morpholine rings is 1. The second-order valence-electron chi connectivity index (χ2n) is 3.62. The van der Waals surface area contributed by atoms with Crippen LogP contribution in [0.3, 0.4) is 0 Å². The van der Waals surface area contributed by atoms with Gasteiger partial charge < -0.3 is 14.7 Å². The van der Waals surface area contributed by atoms with E-state index in [1.807, 2.05) is 4.90 Å². The van der Waals surface area contributed by atoms with E-state index in [0.29, 0.717) is 25.3 Å². The van der Waals surface area contributed by atoms with Gasteiger partial charge in [0.25, 0.3) is 0 Å². The van der Waals surface area contributed by atoms with E-state index < -0.39 is 0 Å². The van der Waals surface area contributed by atoms with E-state index in [0.717, 1.165) is 5.82 Å². The van der Waals surface area contributed by atoms with Gasteiger partial charge in [-0.3, -0.25) is 0 Å². The summed E-state index contributed by atoms with van der Waals surface area (Å²) in [6.07, 6.45) is 1.61. The van der Waals surface area contributed by atoms with Crippen LogP contribution in [0.1, 0.15) is 5.56 Å². The minimum absolute atomic E-state index is 0.0263. The summed E-state index contributed by atoms with van der Waals surface area (Å²) in [4.78, 5) is 6.19. The molecule has 1 unspecified atom stereocenters. The molecule has 1 aromatic rings. The summed E-state index contributed by atoms with van der Waals surface area (Å²) in [5.41, 5.74) is 0.577. The highest BCUT2D eigenvalue weighted by atomic mass is 16.5. The molecule has 1 aromatic heterocycles. The average Bonchev–Trinajstić information content (AvgIpc) is 2.38. The van der Waals surface area contributed by atoms with Gasteiger partial charge in [0, 0.05) is 12.7 Å². The summed E-state index contributed by atoms with van der Waals surface area (Å²) >= 11 is 0. The van der Waals surface area contributed by atoms with Crippen LogP contribution >= 0.6 is 0 Å². The molecular weight excluding hydrogens is 206 g/mol. The Kier molecular flexibility index (Phi) is 3.34. The second kappa shape index (κ2) is 4.92. The first-order chi connectivity index (χ1) is 7.85. The van der Waals surface area contributed by atoms with Gasteiger partial charge in [-0.1, -0.05) is 0 Å². The molecule has 1 fully saturated rings. The van der Waals surface area contributed by atoms with Gasteiger partial charge in [-0.2, -0.15) is 5.26 Å². The summed E-state index contributed by atoms with van der Waals surface area (Å²) in [6, 6.07) is 5.40. The molecule has 2 heterocycles. The third-order valence-electron chi connectivity index (χ3n) is 2.61. The molecule has 0 saturated carbocycles. The Balaban J connectivity index is 2.24. The summed E-state index contributed by atoms with van der Waals surface area (Å²) in [5.74, 6) is 0.724. The maximum Gasteiger partial charge on any atom is 0.130 e. The van der Waals surface area contributed by atoms with Crippen molar-refractivity contribution in [3.05, 3.63) is 23.9 Å². The molecule has 1 N–H and O–H groups in total. The van der Waals surface area contributed by atoms with E-state index >= 15 is 0 Å². The van der Waals surface area contributed by atoms with Crippen molar-refractivity contribution in [2.75, 3.05) is 31.3 Å². The minimum Gasteiger partial charge on any atom is -0.394 e. The van der Waals surface area contributed by atoms with E-state index in [2.05, 4.69) is 11.1 Å². The van der Waals surface area contributed by atoms with Crippen LogP contribution in [0, 0.1) is 11.3 Å². The summed E-state index contributed by atoms with van der Waals surface area (Å²) < 4.78 is 5.29. The summed E-state index contributed by atoms with van der Waals surface area (Å²) in [5, 5.41) is 18.0. The van der Waals surface area contributed by atoms with Crippen LogP contribution in [-0.4, -0.2) is 42.5 Å². The van der Waals surface area contributed by atoms with E-state index in [1.165, 1.54) is 0 Å². The molecule has 0 bridgehead atoms. The van der Waals surface area contributed by atoms with Crippen molar-refractivity contribution in [2.45, 2.75) is 6.04 Å². The molecule has 2 rings (SSSR count). The highest BCUT2D eigenvalue weighted by molar-refractivity contribution is 5.46. The van der Waals surface area contributed by atoms with Crippen LogP contribution in [0.5, 0.6) is 0 Å². The fourth-order valence-electron chi connectivity index (χ4n) is 1.75. The van der Waals surface area contributed by atoms with E-state index in [4.69, 9.17) is 10.00 Å². The lowest BCUT2D eigenvalue weighted by molar-refractivity contribution is 0.0723. The Hall–Kier alpha value is -1.64. The van der Waals surface area contributed by atoms with Crippen molar-refractivity contribution in [3.8, 4) is 6.07 Å². The quantitative estimate of drug-likeness (QED) is 0.766. The van der Waals surface area contributed by atoms with E-state index in [9.17, 15) is 5.11 Å². The zero-order chi connectivity index (χ0) is 11.4. The number of rotatable bonds is 2. The van der Waals surface area contributed by atoms with Gasteiger partial charge in [-0.25, -0.2) is 4.98 Å². The van der Waals surface area contributed by atoms with Gasteiger partial charge in [0.1, 0.15) is 5.82 Å². The topological polar surface area (TPSA) is 69.4 Å². The lowest BCUT2D eigenvalue weighted by Crippen LogP contribution is -2.48. The van der Waals surface area contributed by atoms with Crippen LogP contribution in [0.2, 0.25) is 0 Å². The van der Waals surface area contributed by atoms with E-state index in [1.54, 1.807) is 18.3 Å². The molecular formula is C11H13N3O2.